The second-order valence-electron chi connectivity index (χ2n) is 3.56. The Kier molecular flexibility index (Phi) is 4.36. The average molecular weight is 254 g/mol. The molecule has 0 saturated carbocycles. The van der Waals surface area contributed by atoms with Crippen LogP contribution in [0.2, 0.25) is 0 Å². The summed E-state index contributed by atoms with van der Waals surface area (Å²) in [4.78, 5) is 0. The Labute approximate surface area is 94.3 Å². The minimum absolute atomic E-state index is 0.313. The molecule has 0 aromatic heterocycles. The quantitative estimate of drug-likeness (QED) is 0.811. The first-order valence-corrected chi connectivity index (χ1v) is 5.50. The van der Waals surface area contributed by atoms with Crippen molar-refractivity contribution < 1.29 is 0 Å². The molecule has 1 aromatic rings. The molecular weight excluding hydrogens is 238 g/mol. The molecule has 1 aromatic carbocycles. The van der Waals surface area contributed by atoms with Crippen molar-refractivity contribution in [2.45, 2.75) is 19.9 Å². The van der Waals surface area contributed by atoms with Gasteiger partial charge in [-0.3, -0.25) is 0 Å². The van der Waals surface area contributed by atoms with Crippen LogP contribution in [0.15, 0.2) is 40.4 Å². The first-order valence-electron chi connectivity index (χ1n) is 4.71. The molecule has 0 heterocycles. The van der Waals surface area contributed by atoms with Crippen LogP contribution in [0, 0.1) is 0 Å². The van der Waals surface area contributed by atoms with Gasteiger partial charge in [-0.05, 0) is 38.6 Å². The summed E-state index contributed by atoms with van der Waals surface area (Å²) in [6.45, 7) is 4.23. The molecule has 0 aliphatic carbocycles. The zero-order chi connectivity index (χ0) is 10.6. The molecule has 0 fully saturated rings. The summed E-state index contributed by atoms with van der Waals surface area (Å²) in [5, 5.41) is 3.28. The lowest BCUT2D eigenvalue weighted by molar-refractivity contribution is 0.710. The lowest BCUT2D eigenvalue weighted by atomic mass is 10.1. The predicted octanol–water partition coefficient (Wildman–Crippen LogP) is 3.68. The van der Waals surface area contributed by atoms with Gasteiger partial charge in [0.15, 0.2) is 0 Å². The molecule has 0 aliphatic rings. The van der Waals surface area contributed by atoms with Gasteiger partial charge >= 0.3 is 0 Å². The largest absolute Gasteiger partial charge is 0.310 e. The van der Waals surface area contributed by atoms with Crippen LogP contribution in [-0.2, 0) is 0 Å². The van der Waals surface area contributed by atoms with E-state index in [1.807, 2.05) is 7.05 Å². The number of nitrogens with one attached hydrogen (secondary N) is 1. The summed E-state index contributed by atoms with van der Waals surface area (Å²) < 4.78 is 1.12. The fraction of sp³-hybridized carbons (Fsp3) is 0.333. The van der Waals surface area contributed by atoms with E-state index in [9.17, 15) is 0 Å². The van der Waals surface area contributed by atoms with Gasteiger partial charge in [-0.15, -0.1) is 0 Å². The first-order chi connectivity index (χ1) is 6.63. The van der Waals surface area contributed by atoms with Crippen LogP contribution >= 0.6 is 15.9 Å². The molecule has 0 amide bonds. The fourth-order valence-corrected chi connectivity index (χ4v) is 1.61. The standard InChI is InChI=1S/C12H16BrN/c1-9(2)8-12(14-3)10-4-6-11(13)7-5-10/h4-8,12,14H,1-3H3. The molecule has 1 atom stereocenters. The van der Waals surface area contributed by atoms with Gasteiger partial charge in [0.05, 0.1) is 6.04 Å². The second kappa shape index (κ2) is 5.32. The van der Waals surface area contributed by atoms with Crippen molar-refractivity contribution in [2.75, 3.05) is 7.05 Å². The first kappa shape index (κ1) is 11.5. The van der Waals surface area contributed by atoms with E-state index in [1.54, 1.807) is 0 Å². The highest BCUT2D eigenvalue weighted by Gasteiger charge is 2.04. The Morgan fingerprint density at radius 1 is 1.29 bits per heavy atom. The fourth-order valence-electron chi connectivity index (χ4n) is 1.35. The van der Waals surface area contributed by atoms with Crippen LogP contribution in [0.25, 0.3) is 0 Å². The normalized spacial score (nSPS) is 12.3. The molecule has 0 saturated heterocycles. The van der Waals surface area contributed by atoms with Crippen LogP contribution in [0.1, 0.15) is 25.5 Å². The Balaban J connectivity index is 2.90. The third-order valence-corrected chi connectivity index (χ3v) is 2.57. The van der Waals surface area contributed by atoms with Gasteiger partial charge in [-0.2, -0.15) is 0 Å². The maximum Gasteiger partial charge on any atom is 0.0506 e. The zero-order valence-corrected chi connectivity index (χ0v) is 10.4. The van der Waals surface area contributed by atoms with Crippen molar-refractivity contribution in [2.24, 2.45) is 0 Å². The second-order valence-corrected chi connectivity index (χ2v) is 4.48. The van der Waals surface area contributed by atoms with E-state index in [1.165, 1.54) is 11.1 Å². The van der Waals surface area contributed by atoms with Crippen molar-refractivity contribution in [3.05, 3.63) is 46.0 Å². The maximum absolute atomic E-state index is 3.43. The van der Waals surface area contributed by atoms with Gasteiger partial charge < -0.3 is 5.32 Å². The summed E-state index contributed by atoms with van der Waals surface area (Å²) in [6.07, 6.45) is 2.23. The van der Waals surface area contributed by atoms with Crippen LogP contribution in [-0.4, -0.2) is 7.05 Å². The van der Waals surface area contributed by atoms with Crippen LogP contribution in [0.5, 0.6) is 0 Å². The van der Waals surface area contributed by atoms with Gasteiger partial charge in [0.2, 0.25) is 0 Å². The van der Waals surface area contributed by atoms with Crippen molar-refractivity contribution >= 4 is 15.9 Å². The molecule has 0 aliphatic heterocycles. The third-order valence-electron chi connectivity index (χ3n) is 2.04. The molecule has 76 valence electrons. The highest BCUT2D eigenvalue weighted by Crippen LogP contribution is 2.18. The van der Waals surface area contributed by atoms with Crippen molar-refractivity contribution in [1.29, 1.82) is 0 Å². The van der Waals surface area contributed by atoms with E-state index >= 15 is 0 Å². The molecule has 14 heavy (non-hydrogen) atoms. The molecule has 1 N–H and O–H groups in total. The van der Waals surface area contributed by atoms with Crippen LogP contribution in [0.3, 0.4) is 0 Å². The van der Waals surface area contributed by atoms with Gasteiger partial charge in [-0.25, -0.2) is 0 Å². The van der Waals surface area contributed by atoms with E-state index in [0.717, 1.165) is 4.47 Å². The van der Waals surface area contributed by atoms with Gasteiger partial charge in [0, 0.05) is 4.47 Å². The van der Waals surface area contributed by atoms with Crippen LogP contribution in [0.4, 0.5) is 0 Å². The number of hydrogen-bond acceptors (Lipinski definition) is 1. The van der Waals surface area contributed by atoms with Gasteiger partial charge in [0.25, 0.3) is 0 Å². The predicted molar refractivity (Wildman–Crippen MR) is 65.4 cm³/mol. The lowest BCUT2D eigenvalue weighted by Crippen LogP contribution is -2.14. The minimum Gasteiger partial charge on any atom is -0.310 e. The van der Waals surface area contributed by atoms with Crippen molar-refractivity contribution in [1.82, 2.24) is 5.32 Å². The third kappa shape index (κ3) is 3.28. The van der Waals surface area contributed by atoms with Crippen LogP contribution < -0.4 is 5.32 Å². The molecule has 0 bridgehead atoms. The zero-order valence-electron chi connectivity index (χ0n) is 8.84. The summed E-state index contributed by atoms with van der Waals surface area (Å²) in [6, 6.07) is 8.71. The number of hydrogen-bond donors (Lipinski definition) is 1. The number of allylic oxidation sites excluding steroid dienone is 1. The Morgan fingerprint density at radius 2 is 1.86 bits per heavy atom. The van der Waals surface area contributed by atoms with E-state index in [4.69, 9.17) is 0 Å². The highest BCUT2D eigenvalue weighted by molar-refractivity contribution is 9.10. The Bertz CT molecular complexity index is 310. The highest BCUT2D eigenvalue weighted by atomic mass is 79.9. The van der Waals surface area contributed by atoms with E-state index in [0.29, 0.717) is 6.04 Å². The molecule has 1 nitrogen and oxygen atoms in total. The Hall–Kier alpha value is -0.600. The lowest BCUT2D eigenvalue weighted by Gasteiger charge is -2.13. The topological polar surface area (TPSA) is 12.0 Å². The summed E-state index contributed by atoms with van der Waals surface area (Å²) >= 11 is 3.43. The molecule has 0 radical (unpaired) electrons. The molecule has 1 unspecified atom stereocenters. The molecule has 1 rings (SSSR count). The molecule has 0 spiro atoms. The summed E-state index contributed by atoms with van der Waals surface area (Å²) in [7, 11) is 1.98. The monoisotopic (exact) mass is 253 g/mol. The number of benzene rings is 1. The molecule has 2 heteroatoms. The summed E-state index contributed by atoms with van der Waals surface area (Å²) in [5.74, 6) is 0. The Morgan fingerprint density at radius 3 is 2.29 bits per heavy atom. The minimum atomic E-state index is 0.313. The maximum atomic E-state index is 3.43. The van der Waals surface area contributed by atoms with Crippen molar-refractivity contribution in [3.63, 3.8) is 0 Å². The summed E-state index contributed by atoms with van der Waals surface area (Å²) in [5.41, 5.74) is 2.61. The van der Waals surface area contributed by atoms with E-state index in [2.05, 4.69) is 65.4 Å². The number of rotatable bonds is 3. The van der Waals surface area contributed by atoms with Crippen molar-refractivity contribution in [3.8, 4) is 0 Å². The number of halogens is 1. The SMILES string of the molecule is CNC(C=C(C)C)c1ccc(Br)cc1. The number of likely N-dealkylation sites (N-methyl/N-ethyl adjacent to an activating group) is 1. The van der Waals surface area contributed by atoms with E-state index in [-0.39, 0.29) is 0 Å². The average Bonchev–Trinajstić information content (AvgIpc) is 2.15. The van der Waals surface area contributed by atoms with E-state index < -0.39 is 0 Å². The smallest absolute Gasteiger partial charge is 0.0506 e. The van der Waals surface area contributed by atoms with Gasteiger partial charge in [-0.1, -0.05) is 39.7 Å². The molecular formula is C12H16BrN. The van der Waals surface area contributed by atoms with Gasteiger partial charge in [0.1, 0.15) is 0 Å².